The third-order valence-electron chi connectivity index (χ3n) is 11.4. The lowest BCUT2D eigenvalue weighted by Gasteiger charge is -2.21. The number of methoxy groups -OCH3 is 2. The SMILES string of the molecule is CC(=O)/C=C/c1ccc(C=O)cn1.CC(=O)/C=C/c1ccc(CO)cn1.COC(=O)C(C)(C)CCc1ccc(/C=C/C(=O)NO)nc1.COC(=O)C(C)(C)CCc1ccc(/C=C/C(C)=O)nc1.Cc1ccc(C)nc1.Cc1ccc(CO)cn1.O=C=O. The normalized spacial score (nSPS) is 10.5. The number of allylic oxidation sites excluding steroid dienone is 3. The maximum absolute atomic E-state index is 11.6. The highest BCUT2D eigenvalue weighted by molar-refractivity contribution is 5.92. The second-order valence-electron chi connectivity index (χ2n) is 20.0. The zero-order valence-corrected chi connectivity index (χ0v) is 51.3. The second-order valence-corrected chi connectivity index (χ2v) is 20.0. The van der Waals surface area contributed by atoms with Gasteiger partial charge in [0.25, 0.3) is 5.91 Å². The van der Waals surface area contributed by atoms with Gasteiger partial charge in [0.1, 0.15) is 0 Å². The minimum absolute atomic E-state index is 0.00398. The number of aromatic nitrogens is 6. The molecule has 87 heavy (non-hydrogen) atoms. The molecule has 0 atom stereocenters. The Morgan fingerprint density at radius 2 is 0.828 bits per heavy atom. The summed E-state index contributed by atoms with van der Waals surface area (Å²) in [5.74, 6) is -1.08. The number of ketones is 3. The van der Waals surface area contributed by atoms with Crippen molar-refractivity contribution >= 4 is 71.9 Å². The molecule has 0 bridgehead atoms. The van der Waals surface area contributed by atoms with E-state index in [2.05, 4.69) is 36.0 Å². The van der Waals surface area contributed by atoms with Crippen LogP contribution in [-0.4, -0.2) is 107 Å². The van der Waals surface area contributed by atoms with E-state index in [1.807, 2.05) is 91.1 Å². The van der Waals surface area contributed by atoms with Crippen molar-refractivity contribution in [2.45, 2.75) is 108 Å². The smallest absolute Gasteiger partial charge is 0.373 e. The Balaban J connectivity index is 0.00000104. The molecule has 0 aliphatic carbocycles. The van der Waals surface area contributed by atoms with Gasteiger partial charge in [-0.05, 0) is 208 Å². The van der Waals surface area contributed by atoms with Gasteiger partial charge >= 0.3 is 18.1 Å². The van der Waals surface area contributed by atoms with Crippen molar-refractivity contribution in [1.82, 2.24) is 35.4 Å². The standard InChI is InChI=1S/C16H21NO3.C15H20N2O4.C10H11NO2.C10H9NO2.C7H9NO.C7H9N.CO2/c1-12(18)5-7-14-8-6-13(11-17-14)9-10-16(2,3)15(19)20-4;1-15(2,14(19)21-3)9-8-11-4-5-12(16-10-11)6-7-13(18)17-20;2*1-8(13)2-4-10-5-3-9(7-12)6-11-10;1-6-2-3-7(5-9)4-8-6;1-6-3-4-7(2)8-5-6;2-1-3/h5-8,11H,9-10H2,1-4H3;4-7,10,20H,8-9H2,1-3H3,(H,17,18);2-6,12H,7H2,1H3;2-7H,1H3;2-4,9H,5H2,1H3;3-5H,1-2H3;/b7-5+;7-6+;2*4-2+;;;. The molecule has 0 aliphatic heterocycles. The fourth-order valence-corrected chi connectivity index (χ4v) is 6.19. The van der Waals surface area contributed by atoms with Gasteiger partial charge in [0, 0.05) is 60.2 Å². The second kappa shape index (κ2) is 43.8. The molecule has 6 heterocycles. The van der Waals surface area contributed by atoms with E-state index in [9.17, 15) is 33.6 Å². The molecule has 0 spiro atoms. The number of hydrogen-bond acceptors (Lipinski definition) is 20. The van der Waals surface area contributed by atoms with Gasteiger partial charge in [0.2, 0.25) is 0 Å². The lowest BCUT2D eigenvalue weighted by molar-refractivity contribution is -0.192. The highest BCUT2D eigenvalue weighted by Gasteiger charge is 2.29. The summed E-state index contributed by atoms with van der Waals surface area (Å²) < 4.78 is 9.55. The van der Waals surface area contributed by atoms with Crippen LogP contribution in [0.25, 0.3) is 24.3 Å². The maximum atomic E-state index is 11.6. The molecular formula is C66H79N7O14. The number of aldehydes is 1. The van der Waals surface area contributed by atoms with Gasteiger partial charge in [-0.2, -0.15) is 9.59 Å². The Kier molecular flexibility index (Phi) is 38.9. The van der Waals surface area contributed by atoms with E-state index in [0.29, 0.717) is 41.9 Å². The van der Waals surface area contributed by atoms with E-state index in [-0.39, 0.29) is 48.7 Å². The summed E-state index contributed by atoms with van der Waals surface area (Å²) in [6.07, 6.45) is 25.8. The molecule has 1 amide bonds. The first kappa shape index (κ1) is 77.2. The van der Waals surface area contributed by atoms with Crippen molar-refractivity contribution in [3.8, 4) is 0 Å². The topological polar surface area (TPSA) is 322 Å². The van der Waals surface area contributed by atoms with Crippen LogP contribution in [0.1, 0.15) is 134 Å². The number of carbonyl (C=O) groups excluding carboxylic acids is 9. The average Bonchev–Trinajstić information content (AvgIpc) is 3.63. The molecule has 6 aromatic heterocycles. The highest BCUT2D eigenvalue weighted by atomic mass is 16.5. The zero-order valence-electron chi connectivity index (χ0n) is 51.3. The molecular weight excluding hydrogens is 1110 g/mol. The Morgan fingerprint density at radius 3 is 1.09 bits per heavy atom. The predicted octanol–water partition coefficient (Wildman–Crippen LogP) is 9.22. The lowest BCUT2D eigenvalue weighted by atomic mass is 9.86. The van der Waals surface area contributed by atoms with Crippen LogP contribution in [0, 0.1) is 31.6 Å². The van der Waals surface area contributed by atoms with Crippen LogP contribution in [0.4, 0.5) is 0 Å². The van der Waals surface area contributed by atoms with Crippen LogP contribution in [0.15, 0.2) is 134 Å². The summed E-state index contributed by atoms with van der Waals surface area (Å²) in [5, 5.41) is 25.7. The first-order valence-electron chi connectivity index (χ1n) is 26.8. The number of nitrogens with one attached hydrogen (secondary N) is 1. The third kappa shape index (κ3) is 37.2. The predicted molar refractivity (Wildman–Crippen MR) is 328 cm³/mol. The Labute approximate surface area is 508 Å². The number of carbonyl (C=O) groups is 7. The fourth-order valence-electron chi connectivity index (χ4n) is 6.19. The van der Waals surface area contributed by atoms with Crippen molar-refractivity contribution in [2.75, 3.05) is 14.2 Å². The van der Waals surface area contributed by atoms with Gasteiger partial charge in [0.15, 0.2) is 23.6 Å². The number of hydroxylamine groups is 1. The number of esters is 2. The van der Waals surface area contributed by atoms with Crippen molar-refractivity contribution < 1.29 is 68.0 Å². The number of hydrogen-bond donors (Lipinski definition) is 4. The largest absolute Gasteiger partial charge is 0.469 e. The average molecular weight is 1190 g/mol. The fraction of sp³-hybridized carbons (Fsp3) is 0.303. The van der Waals surface area contributed by atoms with Gasteiger partial charge < -0.3 is 19.7 Å². The van der Waals surface area contributed by atoms with Gasteiger partial charge in [-0.25, -0.2) is 5.48 Å². The summed E-state index contributed by atoms with van der Waals surface area (Å²) in [5.41, 5.74) is 10.7. The third-order valence-corrected chi connectivity index (χ3v) is 11.4. The van der Waals surface area contributed by atoms with Gasteiger partial charge in [0.05, 0.1) is 61.0 Å². The van der Waals surface area contributed by atoms with E-state index in [1.165, 1.54) is 82.6 Å². The molecule has 21 nitrogen and oxygen atoms in total. The summed E-state index contributed by atoms with van der Waals surface area (Å²) in [4.78, 5) is 117. The van der Waals surface area contributed by atoms with Crippen molar-refractivity contribution in [3.63, 3.8) is 0 Å². The van der Waals surface area contributed by atoms with Crippen LogP contribution in [-0.2, 0) is 73.9 Å². The summed E-state index contributed by atoms with van der Waals surface area (Å²) >= 11 is 0. The van der Waals surface area contributed by atoms with Crippen LogP contribution in [0.2, 0.25) is 0 Å². The number of nitrogens with zero attached hydrogens (tertiary/aromatic N) is 6. The molecule has 6 rings (SSSR count). The molecule has 21 heteroatoms. The molecule has 6 aromatic rings. The number of pyridine rings is 6. The number of rotatable bonds is 19. The first-order chi connectivity index (χ1) is 41.2. The van der Waals surface area contributed by atoms with E-state index in [0.717, 1.165) is 52.0 Å². The molecule has 0 saturated carbocycles. The first-order valence-corrected chi connectivity index (χ1v) is 26.8. The molecule has 0 unspecified atom stereocenters. The van der Waals surface area contributed by atoms with Crippen LogP contribution in [0.5, 0.6) is 0 Å². The van der Waals surface area contributed by atoms with E-state index in [1.54, 1.807) is 73.3 Å². The molecule has 4 N–H and O–H groups in total. The van der Waals surface area contributed by atoms with Crippen LogP contribution in [0.3, 0.4) is 0 Å². The number of aryl methyl sites for hydroxylation is 5. The van der Waals surface area contributed by atoms with Crippen LogP contribution >= 0.6 is 0 Å². The van der Waals surface area contributed by atoms with E-state index >= 15 is 0 Å². The number of aliphatic hydroxyl groups excluding tert-OH is 2. The molecule has 0 aromatic carbocycles. The Bertz CT molecular complexity index is 3170. The van der Waals surface area contributed by atoms with E-state index in [4.69, 9.17) is 34.5 Å². The molecule has 462 valence electrons. The Morgan fingerprint density at radius 1 is 0.494 bits per heavy atom. The lowest BCUT2D eigenvalue weighted by Crippen LogP contribution is -2.26. The van der Waals surface area contributed by atoms with Gasteiger partial charge in [-0.1, -0.05) is 30.3 Å². The van der Waals surface area contributed by atoms with Crippen LogP contribution < -0.4 is 5.48 Å². The molecule has 0 radical (unpaired) electrons. The number of amides is 1. The molecule has 0 saturated heterocycles. The monoisotopic (exact) mass is 1190 g/mol. The molecule has 0 fully saturated rings. The summed E-state index contributed by atoms with van der Waals surface area (Å²) in [6, 6.07) is 22.1. The number of ether oxygens (including phenoxy) is 2. The summed E-state index contributed by atoms with van der Waals surface area (Å²) in [7, 11) is 2.79. The zero-order chi connectivity index (χ0) is 65.8. The molecule has 0 aliphatic rings. The van der Waals surface area contributed by atoms with Crippen molar-refractivity contribution in [3.05, 3.63) is 202 Å². The quantitative estimate of drug-likeness (QED) is 0.0193. The van der Waals surface area contributed by atoms with Crippen molar-refractivity contribution in [2.24, 2.45) is 10.8 Å². The Hall–Kier alpha value is -9.79. The van der Waals surface area contributed by atoms with E-state index < -0.39 is 16.7 Å². The highest BCUT2D eigenvalue weighted by Crippen LogP contribution is 2.25. The van der Waals surface area contributed by atoms with Gasteiger partial charge in [-0.15, -0.1) is 0 Å². The minimum Gasteiger partial charge on any atom is -0.469 e. The minimum atomic E-state index is -0.610. The van der Waals surface area contributed by atoms with Gasteiger partial charge in [-0.3, -0.25) is 68.7 Å². The van der Waals surface area contributed by atoms with Crippen molar-refractivity contribution in [1.29, 1.82) is 0 Å². The summed E-state index contributed by atoms with van der Waals surface area (Å²) in [6.45, 7) is 17.9. The number of aliphatic hydroxyl groups is 2. The maximum Gasteiger partial charge on any atom is 0.373 e.